The third-order valence-corrected chi connectivity index (χ3v) is 6.98. The van der Waals surface area contributed by atoms with E-state index in [2.05, 4.69) is 44.4 Å². The second-order valence-electron chi connectivity index (χ2n) is 10.5. The van der Waals surface area contributed by atoms with Gasteiger partial charge in [0.2, 0.25) is 0 Å². The number of Topliss-reactive ketones (excluding diaryl/α,β-unsaturated/α-hetero) is 1. The van der Waals surface area contributed by atoms with Gasteiger partial charge in [-0.1, -0.05) is 39.8 Å². The van der Waals surface area contributed by atoms with Gasteiger partial charge < -0.3 is 25.2 Å². The van der Waals surface area contributed by atoms with Gasteiger partial charge in [-0.3, -0.25) is 9.59 Å². The lowest BCUT2D eigenvalue weighted by Crippen LogP contribution is -2.48. The zero-order valence-corrected chi connectivity index (χ0v) is 20.4. The Kier molecular flexibility index (Phi) is 6.69. The fraction of sp³-hybridized carbons (Fsp3) is 0.481. The molecular formula is C27H34N2O5. The van der Waals surface area contributed by atoms with Crippen LogP contribution in [0.2, 0.25) is 0 Å². The minimum atomic E-state index is -0.443. The summed E-state index contributed by atoms with van der Waals surface area (Å²) in [5.41, 5.74) is 3.37. The van der Waals surface area contributed by atoms with Gasteiger partial charge in [0.05, 0.1) is 12.2 Å². The largest absolute Gasteiger partial charge is 0.507 e. The van der Waals surface area contributed by atoms with Gasteiger partial charge in [0.15, 0.2) is 12.4 Å². The Balaban J connectivity index is 1.41. The molecule has 0 bridgehead atoms. The molecule has 0 saturated carbocycles. The quantitative estimate of drug-likeness (QED) is 0.562. The lowest BCUT2D eigenvalue weighted by molar-refractivity contribution is 0.00828. The molecule has 34 heavy (non-hydrogen) atoms. The lowest BCUT2D eigenvalue weighted by atomic mass is 9.63. The van der Waals surface area contributed by atoms with Crippen LogP contribution in [0.4, 0.5) is 0 Å². The molecule has 1 aliphatic carbocycles. The van der Waals surface area contributed by atoms with Gasteiger partial charge in [-0.15, -0.1) is 0 Å². The number of hydrogen-bond donors (Lipinski definition) is 3. The highest BCUT2D eigenvalue weighted by atomic mass is 16.5. The summed E-state index contributed by atoms with van der Waals surface area (Å²) in [6.07, 6.45) is 1.75. The maximum absolute atomic E-state index is 12.9. The second-order valence-corrected chi connectivity index (χ2v) is 10.5. The Hall–Kier alpha value is -2.90. The summed E-state index contributed by atoms with van der Waals surface area (Å²) in [5.74, 6) is -0.472. The monoisotopic (exact) mass is 466 g/mol. The molecule has 1 unspecified atom stereocenters. The van der Waals surface area contributed by atoms with Crippen molar-refractivity contribution < 1.29 is 24.2 Å². The van der Waals surface area contributed by atoms with Gasteiger partial charge >= 0.3 is 0 Å². The summed E-state index contributed by atoms with van der Waals surface area (Å²) < 4.78 is 11.1. The number of nitrogens with one attached hydrogen (secondary N) is 2. The highest BCUT2D eigenvalue weighted by Gasteiger charge is 2.37. The molecule has 1 fully saturated rings. The summed E-state index contributed by atoms with van der Waals surface area (Å²) in [7, 11) is 0. The summed E-state index contributed by atoms with van der Waals surface area (Å²) in [5, 5.41) is 16.2. The molecular weight excluding hydrogens is 432 g/mol. The van der Waals surface area contributed by atoms with Crippen molar-refractivity contribution in [1.29, 1.82) is 0 Å². The van der Waals surface area contributed by atoms with Gasteiger partial charge in [0.1, 0.15) is 17.7 Å². The molecule has 2 aromatic rings. The van der Waals surface area contributed by atoms with Gasteiger partial charge in [-0.2, -0.15) is 0 Å². The number of carbonyl (C=O) groups is 2. The molecule has 0 aromatic heterocycles. The Morgan fingerprint density at radius 2 is 1.82 bits per heavy atom. The molecule has 182 valence electrons. The number of hydrogen-bond acceptors (Lipinski definition) is 6. The second kappa shape index (κ2) is 9.39. The van der Waals surface area contributed by atoms with E-state index in [-0.39, 0.29) is 34.5 Å². The van der Waals surface area contributed by atoms with E-state index in [1.54, 1.807) is 6.07 Å². The van der Waals surface area contributed by atoms with Crippen molar-refractivity contribution in [3.8, 4) is 11.5 Å². The molecule has 1 amide bonds. The van der Waals surface area contributed by atoms with Crippen LogP contribution in [0.1, 0.15) is 72.4 Å². The molecule has 3 N–H and O–H groups in total. The van der Waals surface area contributed by atoms with Crippen LogP contribution in [0.15, 0.2) is 36.4 Å². The van der Waals surface area contributed by atoms with Crippen LogP contribution >= 0.6 is 0 Å². The number of morpholine rings is 1. The summed E-state index contributed by atoms with van der Waals surface area (Å²) >= 11 is 0. The van der Waals surface area contributed by atoms with Crippen LogP contribution in [0.25, 0.3) is 0 Å². The summed E-state index contributed by atoms with van der Waals surface area (Å²) in [6, 6.07) is 10.4. The Morgan fingerprint density at radius 1 is 1.09 bits per heavy atom. The zero-order valence-electron chi connectivity index (χ0n) is 20.4. The molecule has 1 aliphatic heterocycles. The number of ketones is 1. The highest BCUT2D eigenvalue weighted by molar-refractivity contribution is 5.98. The number of phenolic OH excluding ortho intramolecular Hbond substituents is 1. The van der Waals surface area contributed by atoms with Crippen LogP contribution in [-0.2, 0) is 15.6 Å². The van der Waals surface area contributed by atoms with Gasteiger partial charge in [-0.05, 0) is 53.0 Å². The fourth-order valence-electron chi connectivity index (χ4n) is 4.67. The molecule has 7 heteroatoms. The van der Waals surface area contributed by atoms with Crippen molar-refractivity contribution in [2.75, 3.05) is 26.3 Å². The average Bonchev–Trinajstić information content (AvgIpc) is 2.81. The first-order valence-corrected chi connectivity index (χ1v) is 11.8. The van der Waals surface area contributed by atoms with Crippen LogP contribution in [0, 0.1) is 0 Å². The van der Waals surface area contributed by atoms with E-state index < -0.39 is 12.1 Å². The van der Waals surface area contributed by atoms with Crippen molar-refractivity contribution in [1.82, 2.24) is 10.6 Å². The molecule has 2 aromatic carbocycles. The number of carbonyl (C=O) groups excluding carboxylic acids is 2. The fourth-order valence-corrected chi connectivity index (χ4v) is 4.67. The number of phenols is 1. The lowest BCUT2D eigenvalue weighted by Gasteiger charge is -2.42. The number of aromatic hydroxyl groups is 1. The van der Waals surface area contributed by atoms with Crippen LogP contribution in [0.5, 0.6) is 11.5 Å². The molecule has 0 spiro atoms. The van der Waals surface area contributed by atoms with Gasteiger partial charge in [0.25, 0.3) is 5.91 Å². The molecule has 0 radical (unpaired) electrons. The first-order chi connectivity index (χ1) is 16.1. The van der Waals surface area contributed by atoms with Crippen molar-refractivity contribution in [3.05, 3.63) is 58.7 Å². The van der Waals surface area contributed by atoms with Crippen molar-refractivity contribution in [2.24, 2.45) is 0 Å². The highest BCUT2D eigenvalue weighted by Crippen LogP contribution is 2.45. The molecule has 2 aliphatic rings. The Morgan fingerprint density at radius 3 is 2.50 bits per heavy atom. The predicted octanol–water partition coefficient (Wildman–Crippen LogP) is 3.68. The van der Waals surface area contributed by atoms with E-state index >= 15 is 0 Å². The summed E-state index contributed by atoms with van der Waals surface area (Å²) in [6.45, 7) is 10.6. The van der Waals surface area contributed by atoms with Crippen LogP contribution in [0.3, 0.4) is 0 Å². The third kappa shape index (κ3) is 5.10. The average molecular weight is 467 g/mol. The maximum atomic E-state index is 12.9. The molecule has 1 heterocycles. The van der Waals surface area contributed by atoms with Crippen LogP contribution < -0.4 is 15.4 Å². The number of ether oxygens (including phenoxy) is 2. The SMILES string of the molecule is CC1(C)CCC(C)(C)c2cc(C(=O)COc3ccc(C(=O)NC4CNCCO4)c(O)c3)ccc21. The van der Waals surface area contributed by atoms with Crippen molar-refractivity contribution >= 4 is 11.7 Å². The topological polar surface area (TPSA) is 96.9 Å². The first-order valence-electron chi connectivity index (χ1n) is 11.8. The van der Waals surface area contributed by atoms with Crippen molar-refractivity contribution in [3.63, 3.8) is 0 Å². The maximum Gasteiger partial charge on any atom is 0.257 e. The van der Waals surface area contributed by atoms with E-state index in [4.69, 9.17) is 9.47 Å². The number of rotatable bonds is 6. The number of benzene rings is 2. The normalized spacial score (nSPS) is 20.8. The van der Waals surface area contributed by atoms with Crippen molar-refractivity contribution in [2.45, 2.75) is 57.6 Å². The van der Waals surface area contributed by atoms with E-state index in [1.165, 1.54) is 23.3 Å². The minimum absolute atomic E-state index is 0.0168. The number of amides is 1. The van der Waals surface area contributed by atoms with Gasteiger partial charge in [-0.25, -0.2) is 0 Å². The third-order valence-electron chi connectivity index (χ3n) is 6.98. The van der Waals surface area contributed by atoms with E-state index in [1.807, 2.05) is 12.1 Å². The van der Waals surface area contributed by atoms with E-state index in [9.17, 15) is 14.7 Å². The van der Waals surface area contributed by atoms with Gasteiger partial charge in [0, 0.05) is 24.7 Å². The molecule has 7 nitrogen and oxygen atoms in total. The Bertz CT molecular complexity index is 1090. The predicted molar refractivity (Wildman–Crippen MR) is 130 cm³/mol. The van der Waals surface area contributed by atoms with E-state index in [0.717, 1.165) is 19.4 Å². The minimum Gasteiger partial charge on any atom is -0.507 e. The zero-order chi connectivity index (χ0) is 24.5. The molecule has 1 atom stereocenters. The summed E-state index contributed by atoms with van der Waals surface area (Å²) in [4.78, 5) is 25.3. The molecule has 4 rings (SSSR count). The Labute approximate surface area is 200 Å². The number of fused-ring (bicyclic) bond motifs is 1. The first kappa shape index (κ1) is 24.2. The standard InChI is InChI=1S/C27H34N2O5/c1-26(2)9-10-27(3,4)21-13-17(5-8-20(21)26)23(31)16-34-18-6-7-19(22(30)14-18)25(32)29-24-15-28-11-12-33-24/h5-8,13-14,24,28,30H,9-12,15-16H2,1-4H3,(H,29,32). The smallest absolute Gasteiger partial charge is 0.257 e. The molecule has 1 saturated heterocycles. The van der Waals surface area contributed by atoms with E-state index in [0.29, 0.717) is 24.5 Å². The van der Waals surface area contributed by atoms with Crippen LogP contribution in [-0.4, -0.2) is 49.3 Å².